The molecule has 1 atom stereocenters. The average Bonchev–Trinajstić information content (AvgIpc) is 3.41. The summed E-state index contributed by atoms with van der Waals surface area (Å²) in [5, 5.41) is 0. The van der Waals surface area contributed by atoms with E-state index in [0.29, 0.717) is 25.4 Å². The van der Waals surface area contributed by atoms with Gasteiger partial charge in [-0.15, -0.1) is 0 Å². The fourth-order valence-electron chi connectivity index (χ4n) is 3.85. The van der Waals surface area contributed by atoms with Crippen LogP contribution in [-0.4, -0.2) is 75.8 Å². The van der Waals surface area contributed by atoms with E-state index in [2.05, 4.69) is 0 Å². The van der Waals surface area contributed by atoms with E-state index in [4.69, 9.17) is 9.15 Å². The number of carbonyl (C=O) groups excluding carboxylic acids is 1. The van der Waals surface area contributed by atoms with Crippen LogP contribution >= 0.6 is 0 Å². The highest BCUT2D eigenvalue weighted by Gasteiger charge is 2.36. The zero-order valence-electron chi connectivity index (χ0n) is 16.8. The Labute approximate surface area is 181 Å². The standard InChI is InChI=1S/C20H24N2O7S2/c23-20(22(14-18-4-2-9-29-18)17-6-12-30(24,25)15-17)16-3-1-5-19(13-16)31(26,27)21-7-10-28-11-8-21/h1-5,9,13,17H,6-8,10-12,14-15H2/t17-/m1/s1. The van der Waals surface area contributed by atoms with Gasteiger partial charge in [-0.05, 0) is 36.8 Å². The van der Waals surface area contributed by atoms with E-state index < -0.39 is 31.8 Å². The highest BCUT2D eigenvalue weighted by atomic mass is 32.2. The van der Waals surface area contributed by atoms with Crippen LogP contribution in [0.5, 0.6) is 0 Å². The van der Waals surface area contributed by atoms with Crippen molar-refractivity contribution in [3.63, 3.8) is 0 Å². The van der Waals surface area contributed by atoms with Gasteiger partial charge in [-0.2, -0.15) is 4.31 Å². The van der Waals surface area contributed by atoms with Crippen LogP contribution in [0.4, 0.5) is 0 Å². The average molecular weight is 469 g/mol. The second-order valence-electron chi connectivity index (χ2n) is 7.61. The van der Waals surface area contributed by atoms with E-state index in [0.717, 1.165) is 0 Å². The van der Waals surface area contributed by atoms with Gasteiger partial charge in [0.15, 0.2) is 9.84 Å². The molecule has 4 rings (SSSR count). The van der Waals surface area contributed by atoms with Crippen molar-refractivity contribution in [3.05, 3.63) is 54.0 Å². The first kappa shape index (κ1) is 22.0. The quantitative estimate of drug-likeness (QED) is 0.624. The van der Waals surface area contributed by atoms with Gasteiger partial charge in [0, 0.05) is 24.7 Å². The van der Waals surface area contributed by atoms with Crippen molar-refractivity contribution in [3.8, 4) is 0 Å². The minimum atomic E-state index is -3.76. The Morgan fingerprint density at radius 2 is 1.94 bits per heavy atom. The predicted molar refractivity (Wildman–Crippen MR) is 112 cm³/mol. The number of ether oxygens (including phenoxy) is 1. The van der Waals surface area contributed by atoms with Crippen LogP contribution < -0.4 is 0 Å². The summed E-state index contributed by atoms with van der Waals surface area (Å²) in [6, 6.07) is 8.78. The molecule has 2 aliphatic rings. The maximum Gasteiger partial charge on any atom is 0.254 e. The largest absolute Gasteiger partial charge is 0.467 e. The Bertz CT molecular complexity index is 1140. The second kappa shape index (κ2) is 8.73. The first-order valence-electron chi connectivity index (χ1n) is 9.98. The van der Waals surface area contributed by atoms with Crippen molar-refractivity contribution >= 4 is 25.8 Å². The molecule has 9 nitrogen and oxygen atoms in total. The first-order chi connectivity index (χ1) is 14.8. The number of carbonyl (C=O) groups is 1. The minimum absolute atomic E-state index is 0.0189. The summed E-state index contributed by atoms with van der Waals surface area (Å²) in [7, 11) is -6.98. The Morgan fingerprint density at radius 3 is 2.58 bits per heavy atom. The van der Waals surface area contributed by atoms with Crippen molar-refractivity contribution in [2.24, 2.45) is 0 Å². The van der Waals surface area contributed by atoms with E-state index in [9.17, 15) is 21.6 Å². The lowest BCUT2D eigenvalue weighted by molar-refractivity contribution is 0.0665. The molecule has 0 bridgehead atoms. The zero-order valence-corrected chi connectivity index (χ0v) is 18.5. The first-order valence-corrected chi connectivity index (χ1v) is 13.2. The Morgan fingerprint density at radius 1 is 1.16 bits per heavy atom. The molecule has 0 spiro atoms. The number of hydrogen-bond acceptors (Lipinski definition) is 7. The van der Waals surface area contributed by atoms with Crippen molar-refractivity contribution in [2.45, 2.75) is 23.9 Å². The fraction of sp³-hybridized carbons (Fsp3) is 0.450. The summed E-state index contributed by atoms with van der Waals surface area (Å²) in [5.41, 5.74) is 0.185. The van der Waals surface area contributed by atoms with Gasteiger partial charge in [0.1, 0.15) is 5.76 Å². The molecule has 31 heavy (non-hydrogen) atoms. The Balaban J connectivity index is 1.63. The Hall–Kier alpha value is -2.21. The maximum absolute atomic E-state index is 13.4. The number of morpholine rings is 1. The number of amides is 1. The molecule has 3 heterocycles. The van der Waals surface area contributed by atoms with Crippen LogP contribution in [-0.2, 0) is 31.1 Å². The number of rotatable bonds is 6. The molecule has 2 aliphatic heterocycles. The van der Waals surface area contributed by atoms with Crippen molar-refractivity contribution < 1.29 is 30.8 Å². The summed E-state index contributed by atoms with van der Waals surface area (Å²) in [5.74, 6) is -0.0109. The van der Waals surface area contributed by atoms with Crippen LogP contribution in [0, 0.1) is 0 Å². The second-order valence-corrected chi connectivity index (χ2v) is 11.8. The number of hydrogen-bond donors (Lipinski definition) is 0. The maximum atomic E-state index is 13.4. The molecule has 0 radical (unpaired) electrons. The van der Waals surface area contributed by atoms with Gasteiger partial charge in [0.25, 0.3) is 5.91 Å². The van der Waals surface area contributed by atoms with E-state index in [1.807, 2.05) is 0 Å². The molecule has 2 saturated heterocycles. The van der Waals surface area contributed by atoms with E-state index in [1.54, 1.807) is 18.2 Å². The lowest BCUT2D eigenvalue weighted by Gasteiger charge is -2.28. The van der Waals surface area contributed by atoms with Crippen LogP contribution in [0.1, 0.15) is 22.5 Å². The highest BCUT2D eigenvalue weighted by Crippen LogP contribution is 2.24. The molecule has 2 aromatic rings. The van der Waals surface area contributed by atoms with E-state index in [-0.39, 0.29) is 41.6 Å². The molecule has 0 saturated carbocycles. The third-order valence-electron chi connectivity index (χ3n) is 5.51. The molecule has 1 amide bonds. The van der Waals surface area contributed by atoms with Crippen molar-refractivity contribution in [1.29, 1.82) is 0 Å². The molecule has 1 aromatic heterocycles. The SMILES string of the molecule is O=C(c1cccc(S(=O)(=O)N2CCOCC2)c1)N(Cc1ccco1)[C@@H]1CCS(=O)(=O)C1. The lowest BCUT2D eigenvalue weighted by atomic mass is 10.1. The predicted octanol–water partition coefficient (Wildman–Crippen LogP) is 1.13. The molecule has 168 valence electrons. The van der Waals surface area contributed by atoms with E-state index in [1.165, 1.54) is 33.7 Å². The monoisotopic (exact) mass is 468 g/mol. The Kier molecular flexibility index (Phi) is 6.20. The summed E-state index contributed by atoms with van der Waals surface area (Å²) in [4.78, 5) is 14.9. The summed E-state index contributed by atoms with van der Waals surface area (Å²) in [6.07, 6.45) is 1.82. The van der Waals surface area contributed by atoms with Gasteiger partial charge in [0.05, 0.1) is 42.4 Å². The fourth-order valence-corrected chi connectivity index (χ4v) is 7.03. The molecule has 1 aromatic carbocycles. The molecular weight excluding hydrogens is 444 g/mol. The smallest absolute Gasteiger partial charge is 0.254 e. The van der Waals surface area contributed by atoms with Gasteiger partial charge < -0.3 is 14.1 Å². The summed E-state index contributed by atoms with van der Waals surface area (Å²) in [6.45, 7) is 1.26. The van der Waals surface area contributed by atoms with Gasteiger partial charge >= 0.3 is 0 Å². The van der Waals surface area contributed by atoms with Crippen LogP contribution in [0.25, 0.3) is 0 Å². The molecule has 11 heteroatoms. The van der Waals surface area contributed by atoms with Gasteiger partial charge in [0.2, 0.25) is 10.0 Å². The molecule has 0 N–H and O–H groups in total. The zero-order chi connectivity index (χ0) is 22.1. The van der Waals surface area contributed by atoms with Crippen LogP contribution in [0.15, 0.2) is 52.0 Å². The number of nitrogens with zero attached hydrogens (tertiary/aromatic N) is 2. The minimum Gasteiger partial charge on any atom is -0.467 e. The van der Waals surface area contributed by atoms with Crippen LogP contribution in [0.3, 0.4) is 0 Å². The van der Waals surface area contributed by atoms with Gasteiger partial charge in [-0.25, -0.2) is 16.8 Å². The van der Waals surface area contributed by atoms with E-state index >= 15 is 0 Å². The lowest BCUT2D eigenvalue weighted by Crippen LogP contribution is -2.41. The number of sulfonamides is 1. The topological polar surface area (TPSA) is 114 Å². The van der Waals surface area contributed by atoms with Gasteiger partial charge in [-0.3, -0.25) is 4.79 Å². The number of furan rings is 1. The summed E-state index contributed by atoms with van der Waals surface area (Å²) >= 11 is 0. The third kappa shape index (κ3) is 4.84. The normalized spacial score (nSPS) is 21.7. The third-order valence-corrected chi connectivity index (χ3v) is 9.15. The molecule has 2 fully saturated rings. The van der Waals surface area contributed by atoms with Crippen LogP contribution in [0.2, 0.25) is 0 Å². The highest BCUT2D eigenvalue weighted by molar-refractivity contribution is 7.91. The molecule has 0 unspecified atom stereocenters. The van der Waals surface area contributed by atoms with Crippen molar-refractivity contribution in [2.75, 3.05) is 37.8 Å². The molecular formula is C20H24N2O7S2. The van der Waals surface area contributed by atoms with Gasteiger partial charge in [-0.1, -0.05) is 6.07 Å². The summed E-state index contributed by atoms with van der Waals surface area (Å²) < 4.78 is 61.9. The number of sulfone groups is 1. The van der Waals surface area contributed by atoms with Crippen molar-refractivity contribution in [1.82, 2.24) is 9.21 Å². The molecule has 0 aliphatic carbocycles. The number of benzene rings is 1.